The third kappa shape index (κ3) is 9.92. The number of fused-ring (bicyclic) bond motifs is 14. The molecule has 0 saturated carbocycles. The third-order valence-corrected chi connectivity index (χ3v) is 23.2. The maximum absolute atomic E-state index is 5.16. The van der Waals surface area contributed by atoms with Crippen molar-refractivity contribution < 1.29 is 0 Å². The van der Waals surface area contributed by atoms with Crippen LogP contribution in [0.5, 0.6) is 0 Å². The van der Waals surface area contributed by atoms with Gasteiger partial charge in [-0.15, -0.1) is 45.3 Å². The topological polar surface area (TPSA) is 51.6 Å². The molecule has 0 fully saturated rings. The predicted octanol–water partition coefficient (Wildman–Crippen LogP) is 26.1. The lowest BCUT2D eigenvalue weighted by Gasteiger charge is -2.09. The van der Waals surface area contributed by atoms with E-state index >= 15 is 0 Å². The van der Waals surface area contributed by atoms with E-state index in [4.69, 9.17) is 19.9 Å². The van der Waals surface area contributed by atoms with Gasteiger partial charge in [0, 0.05) is 71.6 Å². The summed E-state index contributed by atoms with van der Waals surface area (Å²) in [5, 5.41) is 12.6. The number of hydrogen-bond acceptors (Lipinski definition) is 8. The van der Waals surface area contributed by atoms with Crippen molar-refractivity contribution in [1.82, 2.24) is 19.9 Å². The van der Waals surface area contributed by atoms with Crippen LogP contribution in [0.1, 0.15) is 0 Å². The van der Waals surface area contributed by atoms with Crippen molar-refractivity contribution in [2.24, 2.45) is 0 Å². The Morgan fingerprint density at radius 3 is 1.14 bits per heavy atom. The highest BCUT2D eigenvalue weighted by Gasteiger charge is 2.18. The van der Waals surface area contributed by atoms with Crippen LogP contribution in [0, 0.1) is 0 Å². The van der Waals surface area contributed by atoms with Gasteiger partial charge < -0.3 is 0 Å². The number of thiophene rings is 4. The van der Waals surface area contributed by atoms with Gasteiger partial charge in [0.25, 0.3) is 0 Å². The Bertz CT molecular complexity index is 6500. The molecular formula is C88H52N4S4. The van der Waals surface area contributed by atoms with E-state index in [-0.39, 0.29) is 0 Å². The summed E-state index contributed by atoms with van der Waals surface area (Å²) >= 11 is 7.14. The monoisotopic (exact) mass is 1290 g/mol. The fourth-order valence-electron chi connectivity index (χ4n) is 13.9. The fraction of sp³-hybridized carbons (Fsp3) is 0. The molecule has 0 N–H and O–H groups in total. The van der Waals surface area contributed by atoms with Crippen molar-refractivity contribution in [2.75, 3.05) is 0 Å². The second-order valence-corrected chi connectivity index (χ2v) is 28.6. The lowest BCUT2D eigenvalue weighted by molar-refractivity contribution is 1.32. The van der Waals surface area contributed by atoms with Crippen molar-refractivity contribution in [2.45, 2.75) is 0 Å². The number of hydrogen-bond donors (Lipinski definition) is 0. The first-order valence-corrected chi connectivity index (χ1v) is 35.4. The number of rotatable bonds is 8. The number of aromatic nitrogens is 4. The van der Waals surface area contributed by atoms with E-state index < -0.39 is 0 Å². The van der Waals surface area contributed by atoms with Crippen LogP contribution in [0.4, 0.5) is 0 Å². The largest absolute Gasteiger partial charge is 0.251 e. The Kier molecular flexibility index (Phi) is 13.6. The van der Waals surface area contributed by atoms with Crippen LogP contribution >= 0.6 is 45.3 Å². The molecule has 0 atom stereocenters. The molecule has 4 nitrogen and oxygen atoms in total. The third-order valence-electron chi connectivity index (χ3n) is 18.7. The zero-order valence-corrected chi connectivity index (χ0v) is 54.7. The maximum Gasteiger partial charge on any atom is 0.143 e. The van der Waals surface area contributed by atoms with E-state index in [2.05, 4.69) is 303 Å². The van der Waals surface area contributed by atoms with Gasteiger partial charge in [0.15, 0.2) is 0 Å². The fourth-order valence-corrected chi connectivity index (χ4v) is 18.4. The Balaban J connectivity index is 0.000000135. The van der Waals surface area contributed by atoms with Crippen LogP contribution < -0.4 is 0 Å². The van der Waals surface area contributed by atoms with Crippen LogP contribution in [-0.2, 0) is 0 Å². The van der Waals surface area contributed by atoms with Crippen LogP contribution in [0.15, 0.2) is 316 Å². The van der Waals surface area contributed by atoms with E-state index in [1.54, 1.807) is 22.7 Å². The highest BCUT2D eigenvalue weighted by atomic mass is 32.1. The molecule has 0 bridgehead atoms. The van der Waals surface area contributed by atoms with Gasteiger partial charge in [0.05, 0.1) is 23.8 Å². The molecule has 0 aliphatic carbocycles. The zero-order valence-electron chi connectivity index (χ0n) is 51.4. The average Bonchev–Trinajstić information content (AvgIpc) is 1.65. The Labute approximate surface area is 568 Å². The summed E-state index contributed by atoms with van der Waals surface area (Å²) in [5.74, 6) is 0. The first-order chi connectivity index (χ1) is 47.5. The molecule has 20 rings (SSSR count). The molecule has 0 aliphatic rings. The second-order valence-electron chi connectivity index (χ2n) is 24.4. The van der Waals surface area contributed by atoms with E-state index in [9.17, 15) is 0 Å². The van der Waals surface area contributed by atoms with Gasteiger partial charge in [-0.1, -0.05) is 237 Å². The summed E-state index contributed by atoms with van der Waals surface area (Å²) in [6, 6.07) is 109. The summed E-state index contributed by atoms with van der Waals surface area (Å²) in [6.07, 6.45) is 3.86. The number of nitrogens with zero attached hydrogens (tertiary/aromatic N) is 4. The van der Waals surface area contributed by atoms with E-state index in [1.807, 2.05) is 35.1 Å². The van der Waals surface area contributed by atoms with Crippen LogP contribution in [0.3, 0.4) is 0 Å². The molecule has 8 heteroatoms. The highest BCUT2D eigenvalue weighted by molar-refractivity contribution is 7.27. The quantitative estimate of drug-likeness (QED) is 0.152. The Morgan fingerprint density at radius 2 is 0.573 bits per heavy atom. The molecule has 6 aromatic heterocycles. The van der Waals surface area contributed by atoms with Gasteiger partial charge in [-0.3, -0.25) is 9.97 Å². The summed E-state index contributed by atoms with van der Waals surface area (Å²) in [4.78, 5) is 22.2. The lowest BCUT2D eigenvalue weighted by atomic mass is 9.95. The molecule has 96 heavy (non-hydrogen) atoms. The summed E-state index contributed by atoms with van der Waals surface area (Å²) in [6.45, 7) is 0. The number of benzene rings is 14. The summed E-state index contributed by atoms with van der Waals surface area (Å²) in [5.41, 5.74) is 20.4. The van der Waals surface area contributed by atoms with Crippen LogP contribution in [0.25, 0.3) is 192 Å². The Hall–Kier alpha value is -11.4. The minimum absolute atomic E-state index is 0.891. The van der Waals surface area contributed by atoms with Gasteiger partial charge in [-0.2, -0.15) is 0 Å². The standard InChI is InChI=1S/2C44H26N2S2/c1-2-15-33-27(9-1)10-7-17-34(33)30-12-5-11-28(23-30)29-21-22-41-38(25-29)42-44(48-41)46-39(26-45-42)32-14-6-13-31(24-32)35-18-8-19-37-36-16-3-4-20-40(36)47-43(35)37;1-2-9-28-22-31(19-18-27(28)8-1)29-10-5-11-30(23-29)32-20-21-41-38(25-32)42-44(48-41)46-39(26-45-42)34-13-6-12-33(24-34)35-15-7-16-37-36-14-3-4-17-40(36)47-43(35)37/h2*1-26H. The molecule has 20 aromatic rings. The molecule has 0 aliphatic heterocycles. The molecule has 0 spiro atoms. The van der Waals surface area contributed by atoms with Crippen molar-refractivity contribution >= 4 is 148 Å². The first-order valence-electron chi connectivity index (χ1n) is 32.1. The summed E-state index contributed by atoms with van der Waals surface area (Å²) < 4.78 is 7.67. The molecule has 0 radical (unpaired) electrons. The molecule has 448 valence electrons. The van der Waals surface area contributed by atoms with Crippen LogP contribution in [0.2, 0.25) is 0 Å². The van der Waals surface area contributed by atoms with Gasteiger partial charge >= 0.3 is 0 Å². The summed E-state index contributed by atoms with van der Waals surface area (Å²) in [7, 11) is 0. The van der Waals surface area contributed by atoms with Crippen LogP contribution in [-0.4, -0.2) is 19.9 Å². The van der Waals surface area contributed by atoms with E-state index in [0.29, 0.717) is 0 Å². The maximum atomic E-state index is 5.16. The lowest BCUT2D eigenvalue weighted by Crippen LogP contribution is -1.87. The van der Waals surface area contributed by atoms with Gasteiger partial charge in [0.1, 0.15) is 20.7 Å². The smallest absolute Gasteiger partial charge is 0.143 e. The minimum atomic E-state index is 0.891. The molecule has 0 amide bonds. The average molecular weight is 1290 g/mol. The predicted molar refractivity (Wildman–Crippen MR) is 414 cm³/mol. The molecular weight excluding hydrogens is 1240 g/mol. The molecule has 6 heterocycles. The van der Waals surface area contributed by atoms with Crippen molar-refractivity contribution in [3.63, 3.8) is 0 Å². The SMILES string of the molecule is c1cc(-c2ccc3ccccc3c2)cc(-c2ccc3sc4nc(-c5cccc(-c6cccc7c6sc6ccccc67)c5)cnc4c3c2)c1.c1cc(-c2ccc3sc4nc(-c5cccc(-c6cccc7c6sc6ccccc67)c5)cnc4c3c2)cc(-c2cccc3ccccc23)c1. The molecule has 14 aromatic carbocycles. The van der Waals surface area contributed by atoms with Crippen molar-refractivity contribution in [1.29, 1.82) is 0 Å². The minimum Gasteiger partial charge on any atom is -0.251 e. The van der Waals surface area contributed by atoms with Gasteiger partial charge in [-0.25, -0.2) is 9.97 Å². The molecule has 0 saturated heterocycles. The normalized spacial score (nSPS) is 11.8. The van der Waals surface area contributed by atoms with E-state index in [0.717, 1.165) is 54.0 Å². The van der Waals surface area contributed by atoms with Gasteiger partial charge in [0.2, 0.25) is 0 Å². The zero-order chi connectivity index (χ0) is 63.2. The first kappa shape index (κ1) is 56.2. The Morgan fingerprint density at radius 1 is 0.208 bits per heavy atom. The highest BCUT2D eigenvalue weighted by Crippen LogP contribution is 2.45. The van der Waals surface area contributed by atoms with Gasteiger partial charge in [-0.05, 0) is 155 Å². The second kappa shape index (κ2) is 23.3. The van der Waals surface area contributed by atoms with E-state index in [1.165, 1.54) is 138 Å². The van der Waals surface area contributed by atoms with Crippen molar-refractivity contribution in [3.05, 3.63) is 316 Å². The van der Waals surface area contributed by atoms with Crippen molar-refractivity contribution in [3.8, 4) is 89.3 Å². The molecule has 0 unspecified atom stereocenters.